The molecule has 0 fully saturated rings. The molecule has 0 atom stereocenters. The van der Waals surface area contributed by atoms with E-state index < -0.39 is 17.6 Å². The maximum Gasteiger partial charge on any atom is 0.417 e. The Morgan fingerprint density at radius 1 is 1.07 bits per heavy atom. The molecule has 0 spiro atoms. The maximum atomic E-state index is 13.2. The highest BCUT2D eigenvalue weighted by molar-refractivity contribution is 5.96. The van der Waals surface area contributed by atoms with Crippen LogP contribution in [0.4, 0.5) is 17.6 Å². The zero-order chi connectivity index (χ0) is 21.2. The highest BCUT2D eigenvalue weighted by Gasteiger charge is 2.32. The zero-order valence-corrected chi connectivity index (χ0v) is 15.6. The van der Waals surface area contributed by atoms with Crippen LogP contribution >= 0.6 is 0 Å². The number of benzene rings is 2. The number of nitrogens with one attached hydrogen (secondary N) is 1. The van der Waals surface area contributed by atoms with E-state index in [0.717, 1.165) is 18.0 Å². The molecule has 0 aliphatic carbocycles. The lowest BCUT2D eigenvalue weighted by atomic mass is 10.1. The van der Waals surface area contributed by atoms with Crippen molar-refractivity contribution in [2.75, 3.05) is 0 Å². The van der Waals surface area contributed by atoms with Crippen LogP contribution in [0.15, 0.2) is 59.7 Å². The number of carbonyl (C=O) groups is 1. The quantitative estimate of drug-likeness (QED) is 0.371. The molecule has 29 heavy (non-hydrogen) atoms. The van der Waals surface area contributed by atoms with Crippen molar-refractivity contribution in [1.29, 1.82) is 0 Å². The van der Waals surface area contributed by atoms with Crippen LogP contribution in [0.1, 0.15) is 32.9 Å². The van der Waals surface area contributed by atoms with Crippen LogP contribution in [0.2, 0.25) is 0 Å². The molecule has 4 nitrogen and oxygen atoms in total. The van der Waals surface area contributed by atoms with E-state index in [9.17, 15) is 22.4 Å². The van der Waals surface area contributed by atoms with Gasteiger partial charge in [-0.05, 0) is 50.2 Å². The van der Waals surface area contributed by atoms with Crippen LogP contribution in [-0.4, -0.2) is 16.7 Å². The van der Waals surface area contributed by atoms with E-state index >= 15 is 0 Å². The first-order chi connectivity index (χ1) is 13.7. The lowest BCUT2D eigenvalue weighted by Gasteiger charge is -2.10. The van der Waals surface area contributed by atoms with Crippen molar-refractivity contribution in [2.45, 2.75) is 20.0 Å². The fourth-order valence-corrected chi connectivity index (χ4v) is 3.07. The molecule has 2 aromatic carbocycles. The van der Waals surface area contributed by atoms with Crippen molar-refractivity contribution < 1.29 is 22.4 Å². The number of carbonyl (C=O) groups excluding carboxylic acids is 1. The van der Waals surface area contributed by atoms with Gasteiger partial charge in [-0.1, -0.05) is 18.2 Å². The first-order valence-electron chi connectivity index (χ1n) is 8.63. The standard InChI is InChI=1S/C21H17F4N3O/c1-13-11-18(14(2)28(13)17-9-7-16(22)8-10-17)20(29)27-26-12-15-5-3-4-6-19(15)21(23,24)25/h3-12H,1-2H3,(H,27,29)/b26-12+. The number of aromatic nitrogens is 1. The highest BCUT2D eigenvalue weighted by atomic mass is 19.4. The summed E-state index contributed by atoms with van der Waals surface area (Å²) in [6.07, 6.45) is -3.56. The van der Waals surface area contributed by atoms with Gasteiger partial charge in [0, 0.05) is 22.6 Å². The number of alkyl halides is 3. The third-order valence-electron chi connectivity index (χ3n) is 4.40. The second-order valence-electron chi connectivity index (χ2n) is 6.38. The van der Waals surface area contributed by atoms with Gasteiger partial charge >= 0.3 is 6.18 Å². The van der Waals surface area contributed by atoms with Crippen molar-refractivity contribution in [2.24, 2.45) is 5.10 Å². The van der Waals surface area contributed by atoms with E-state index in [0.29, 0.717) is 16.9 Å². The monoisotopic (exact) mass is 403 g/mol. The number of halogens is 4. The fraction of sp³-hybridized carbons (Fsp3) is 0.143. The number of hydrogen-bond donors (Lipinski definition) is 1. The molecule has 0 radical (unpaired) electrons. The van der Waals surface area contributed by atoms with E-state index in [4.69, 9.17) is 0 Å². The minimum atomic E-state index is -4.52. The third kappa shape index (κ3) is 4.37. The summed E-state index contributed by atoms with van der Waals surface area (Å²) >= 11 is 0. The molecule has 0 saturated carbocycles. The average Bonchev–Trinajstić information content (AvgIpc) is 2.96. The topological polar surface area (TPSA) is 46.4 Å². The summed E-state index contributed by atoms with van der Waals surface area (Å²) in [6.45, 7) is 3.50. The Hall–Kier alpha value is -3.42. The van der Waals surface area contributed by atoms with Gasteiger partial charge < -0.3 is 4.57 Å². The van der Waals surface area contributed by atoms with Crippen molar-refractivity contribution in [3.05, 3.63) is 88.5 Å². The molecule has 3 aromatic rings. The number of rotatable bonds is 4. The molecule has 0 aliphatic heterocycles. The maximum absolute atomic E-state index is 13.2. The second kappa shape index (κ2) is 7.90. The van der Waals surface area contributed by atoms with Crippen LogP contribution in [0.5, 0.6) is 0 Å². The number of amides is 1. The molecule has 1 N–H and O–H groups in total. The van der Waals surface area contributed by atoms with E-state index in [1.807, 2.05) is 0 Å². The van der Waals surface area contributed by atoms with Gasteiger partial charge in [0.2, 0.25) is 0 Å². The molecule has 0 unspecified atom stereocenters. The SMILES string of the molecule is Cc1cc(C(=O)N/N=C/c2ccccc2C(F)(F)F)c(C)n1-c1ccc(F)cc1. The van der Waals surface area contributed by atoms with E-state index in [2.05, 4.69) is 10.5 Å². The van der Waals surface area contributed by atoms with Gasteiger partial charge in [0.15, 0.2) is 0 Å². The number of hydrogen-bond acceptors (Lipinski definition) is 2. The number of nitrogens with zero attached hydrogens (tertiary/aromatic N) is 2. The fourth-order valence-electron chi connectivity index (χ4n) is 3.07. The minimum Gasteiger partial charge on any atom is -0.318 e. The van der Waals surface area contributed by atoms with Crippen LogP contribution < -0.4 is 5.43 Å². The number of aryl methyl sites for hydroxylation is 1. The predicted octanol–water partition coefficient (Wildman–Crippen LogP) is 5.02. The zero-order valence-electron chi connectivity index (χ0n) is 15.6. The molecular weight excluding hydrogens is 386 g/mol. The Labute approximate surface area is 164 Å². The summed E-state index contributed by atoms with van der Waals surface area (Å²) in [7, 11) is 0. The minimum absolute atomic E-state index is 0.155. The lowest BCUT2D eigenvalue weighted by molar-refractivity contribution is -0.137. The third-order valence-corrected chi connectivity index (χ3v) is 4.40. The first-order valence-corrected chi connectivity index (χ1v) is 8.63. The predicted molar refractivity (Wildman–Crippen MR) is 102 cm³/mol. The lowest BCUT2D eigenvalue weighted by Crippen LogP contribution is -2.19. The molecule has 0 bridgehead atoms. The van der Waals surface area contributed by atoms with Gasteiger partial charge in [-0.3, -0.25) is 4.79 Å². The molecule has 1 aromatic heterocycles. The normalized spacial score (nSPS) is 11.8. The molecule has 150 valence electrons. The van der Waals surface area contributed by atoms with Crippen molar-refractivity contribution >= 4 is 12.1 Å². The van der Waals surface area contributed by atoms with Crippen molar-refractivity contribution in [3.63, 3.8) is 0 Å². The number of hydrazone groups is 1. The van der Waals surface area contributed by atoms with Gasteiger partial charge in [0.1, 0.15) is 5.82 Å². The Kier molecular flexibility index (Phi) is 5.54. The molecule has 1 heterocycles. The largest absolute Gasteiger partial charge is 0.417 e. The van der Waals surface area contributed by atoms with Gasteiger partial charge in [0.05, 0.1) is 17.3 Å². The van der Waals surface area contributed by atoms with Crippen LogP contribution in [-0.2, 0) is 6.18 Å². The summed E-state index contributed by atoms with van der Waals surface area (Å²) in [5.74, 6) is -0.935. The molecule has 3 rings (SSSR count). The Morgan fingerprint density at radius 2 is 1.72 bits per heavy atom. The summed E-state index contributed by atoms with van der Waals surface area (Å²) in [6, 6.07) is 12.4. The Morgan fingerprint density at radius 3 is 2.38 bits per heavy atom. The van der Waals surface area contributed by atoms with Crippen LogP contribution in [0, 0.1) is 19.7 Å². The summed E-state index contributed by atoms with van der Waals surface area (Å²) in [5, 5.41) is 3.67. The van der Waals surface area contributed by atoms with Gasteiger partial charge in [-0.2, -0.15) is 18.3 Å². The molecular formula is C21H17F4N3O. The second-order valence-corrected chi connectivity index (χ2v) is 6.38. The van der Waals surface area contributed by atoms with E-state index in [-0.39, 0.29) is 11.4 Å². The van der Waals surface area contributed by atoms with Crippen LogP contribution in [0.3, 0.4) is 0 Å². The Balaban J connectivity index is 1.82. The summed E-state index contributed by atoms with van der Waals surface area (Å²) in [4.78, 5) is 12.5. The van der Waals surface area contributed by atoms with E-state index in [1.54, 1.807) is 36.6 Å². The highest BCUT2D eigenvalue weighted by Crippen LogP contribution is 2.31. The molecule has 8 heteroatoms. The van der Waals surface area contributed by atoms with Gasteiger partial charge in [-0.25, -0.2) is 9.82 Å². The summed E-state index contributed by atoms with van der Waals surface area (Å²) in [5.41, 5.74) is 3.59. The van der Waals surface area contributed by atoms with Gasteiger partial charge in [-0.15, -0.1) is 0 Å². The molecule has 1 amide bonds. The van der Waals surface area contributed by atoms with Crippen LogP contribution in [0.25, 0.3) is 5.69 Å². The smallest absolute Gasteiger partial charge is 0.318 e. The average molecular weight is 403 g/mol. The molecule has 0 saturated heterocycles. The van der Waals surface area contributed by atoms with Crippen molar-refractivity contribution in [1.82, 2.24) is 9.99 Å². The molecule has 0 aliphatic rings. The van der Waals surface area contributed by atoms with Crippen molar-refractivity contribution in [3.8, 4) is 5.69 Å². The first kappa shape index (κ1) is 20.3. The van der Waals surface area contributed by atoms with E-state index in [1.165, 1.54) is 30.3 Å². The van der Waals surface area contributed by atoms with Gasteiger partial charge in [0.25, 0.3) is 5.91 Å². The summed E-state index contributed by atoms with van der Waals surface area (Å²) < 4.78 is 54.0. The Bertz CT molecular complexity index is 1070.